The Bertz CT molecular complexity index is 651. The van der Waals surface area contributed by atoms with Crippen LogP contribution in [0.4, 0.5) is 0 Å². The van der Waals surface area contributed by atoms with E-state index in [1.807, 2.05) is 12.1 Å². The average molecular weight is 402 g/mol. The van der Waals surface area contributed by atoms with Crippen molar-refractivity contribution in [2.75, 3.05) is 19.6 Å². The summed E-state index contributed by atoms with van der Waals surface area (Å²) in [6.45, 7) is 5.70. The Labute approximate surface area is 151 Å². The fraction of sp³-hybridized carbons (Fsp3) is 0.500. The second-order valence-electron chi connectivity index (χ2n) is 6.39. The summed E-state index contributed by atoms with van der Waals surface area (Å²) in [5.41, 5.74) is 7.23. The van der Waals surface area contributed by atoms with Gasteiger partial charge >= 0.3 is 0 Å². The molecule has 1 aliphatic heterocycles. The second kappa shape index (κ2) is 7.75. The summed E-state index contributed by atoms with van der Waals surface area (Å²) in [6.07, 6.45) is 1.81. The molecular weight excluding hydrogens is 380 g/mol. The van der Waals surface area contributed by atoms with Crippen molar-refractivity contribution in [2.45, 2.75) is 26.3 Å². The van der Waals surface area contributed by atoms with Gasteiger partial charge in [0.05, 0.1) is 6.54 Å². The van der Waals surface area contributed by atoms with Crippen LogP contribution in [-0.2, 0) is 13.0 Å². The molecular formula is C16H22BrClN4O. The first kappa shape index (κ1) is 18.4. The van der Waals surface area contributed by atoms with Gasteiger partial charge < -0.3 is 10.3 Å². The Hall–Kier alpha value is -0.950. The third-order valence-corrected chi connectivity index (χ3v) is 4.74. The van der Waals surface area contributed by atoms with E-state index in [4.69, 9.17) is 10.3 Å². The predicted octanol–water partition coefficient (Wildman–Crippen LogP) is 3.02. The first-order valence-electron chi connectivity index (χ1n) is 7.55. The Morgan fingerprint density at radius 3 is 2.96 bits per heavy atom. The summed E-state index contributed by atoms with van der Waals surface area (Å²) in [7, 11) is 0. The quantitative estimate of drug-likeness (QED) is 0.834. The molecule has 0 saturated carbocycles. The van der Waals surface area contributed by atoms with E-state index in [2.05, 4.69) is 50.0 Å². The summed E-state index contributed by atoms with van der Waals surface area (Å²) in [5.74, 6) is 1.42. The van der Waals surface area contributed by atoms with E-state index in [-0.39, 0.29) is 17.8 Å². The predicted molar refractivity (Wildman–Crippen MR) is 95.5 cm³/mol. The zero-order chi connectivity index (χ0) is 15.6. The van der Waals surface area contributed by atoms with E-state index in [0.29, 0.717) is 18.9 Å². The van der Waals surface area contributed by atoms with E-state index in [9.17, 15) is 0 Å². The van der Waals surface area contributed by atoms with Crippen LogP contribution < -0.4 is 5.73 Å². The van der Waals surface area contributed by atoms with E-state index in [1.165, 1.54) is 5.56 Å². The zero-order valence-corrected chi connectivity index (χ0v) is 15.6. The van der Waals surface area contributed by atoms with Crippen molar-refractivity contribution >= 4 is 28.3 Å². The van der Waals surface area contributed by atoms with Crippen LogP contribution in [0.25, 0.3) is 0 Å². The Morgan fingerprint density at radius 2 is 2.26 bits per heavy atom. The largest absolute Gasteiger partial charge is 0.338 e. The number of rotatable bonds is 5. The SMILES string of the molecule is CC1(CN)CCN(Cc2nc(Cc3cccc(Br)c3)no2)C1.Cl. The number of aromatic nitrogens is 2. The van der Waals surface area contributed by atoms with E-state index < -0.39 is 0 Å². The molecule has 7 heteroatoms. The van der Waals surface area contributed by atoms with Crippen LogP contribution in [0.1, 0.15) is 30.6 Å². The number of likely N-dealkylation sites (tertiary alicyclic amines) is 1. The molecule has 1 fully saturated rings. The maximum absolute atomic E-state index is 5.84. The normalized spacial score (nSPS) is 21.3. The molecule has 2 N–H and O–H groups in total. The molecule has 126 valence electrons. The molecule has 3 rings (SSSR count). The van der Waals surface area contributed by atoms with Crippen LogP contribution in [0.15, 0.2) is 33.3 Å². The summed E-state index contributed by atoms with van der Waals surface area (Å²) in [5, 5.41) is 4.09. The van der Waals surface area contributed by atoms with Crippen LogP contribution in [0, 0.1) is 5.41 Å². The summed E-state index contributed by atoms with van der Waals surface area (Å²) in [6, 6.07) is 8.16. The van der Waals surface area contributed by atoms with Crippen molar-refractivity contribution in [1.29, 1.82) is 0 Å². The number of hydrogen-bond donors (Lipinski definition) is 1. The highest BCUT2D eigenvalue weighted by molar-refractivity contribution is 9.10. The van der Waals surface area contributed by atoms with Crippen LogP contribution >= 0.6 is 28.3 Å². The molecule has 0 aliphatic carbocycles. The number of hydrogen-bond acceptors (Lipinski definition) is 5. The van der Waals surface area contributed by atoms with Crippen molar-refractivity contribution in [3.05, 3.63) is 46.0 Å². The van der Waals surface area contributed by atoms with Gasteiger partial charge in [0.2, 0.25) is 5.89 Å². The Balaban J connectivity index is 0.00000192. The van der Waals surface area contributed by atoms with Gasteiger partial charge in [-0.3, -0.25) is 4.90 Å². The summed E-state index contributed by atoms with van der Waals surface area (Å²) < 4.78 is 6.45. The molecule has 1 aliphatic rings. The Kier molecular flexibility index (Phi) is 6.19. The molecule has 2 aromatic rings. The molecule has 0 radical (unpaired) electrons. The maximum Gasteiger partial charge on any atom is 0.240 e. The van der Waals surface area contributed by atoms with Gasteiger partial charge in [0, 0.05) is 17.4 Å². The Morgan fingerprint density at radius 1 is 1.43 bits per heavy atom. The van der Waals surface area contributed by atoms with Gasteiger partial charge in [-0.25, -0.2) is 0 Å². The van der Waals surface area contributed by atoms with E-state index in [0.717, 1.165) is 36.4 Å². The molecule has 1 aromatic heterocycles. The monoisotopic (exact) mass is 400 g/mol. The topological polar surface area (TPSA) is 68.2 Å². The maximum atomic E-state index is 5.84. The number of nitrogens with zero attached hydrogens (tertiary/aromatic N) is 3. The molecule has 23 heavy (non-hydrogen) atoms. The lowest BCUT2D eigenvalue weighted by molar-refractivity contribution is 0.238. The van der Waals surface area contributed by atoms with Gasteiger partial charge in [-0.1, -0.05) is 40.1 Å². The van der Waals surface area contributed by atoms with Crippen molar-refractivity contribution in [3.8, 4) is 0 Å². The molecule has 2 heterocycles. The van der Waals surface area contributed by atoms with E-state index in [1.54, 1.807) is 0 Å². The number of benzene rings is 1. The highest BCUT2D eigenvalue weighted by atomic mass is 79.9. The van der Waals surface area contributed by atoms with Crippen LogP contribution in [0.5, 0.6) is 0 Å². The van der Waals surface area contributed by atoms with Crippen LogP contribution in [0.3, 0.4) is 0 Å². The van der Waals surface area contributed by atoms with Gasteiger partial charge in [-0.2, -0.15) is 4.98 Å². The fourth-order valence-corrected chi connectivity index (χ4v) is 3.32. The van der Waals surface area contributed by atoms with Gasteiger partial charge in [-0.15, -0.1) is 12.4 Å². The zero-order valence-electron chi connectivity index (χ0n) is 13.2. The van der Waals surface area contributed by atoms with Gasteiger partial charge in [-0.05, 0) is 42.6 Å². The van der Waals surface area contributed by atoms with Crippen molar-refractivity contribution in [3.63, 3.8) is 0 Å². The highest BCUT2D eigenvalue weighted by Crippen LogP contribution is 2.29. The van der Waals surface area contributed by atoms with Crippen LogP contribution in [-0.4, -0.2) is 34.7 Å². The first-order valence-corrected chi connectivity index (χ1v) is 8.34. The number of nitrogens with two attached hydrogens (primary N) is 1. The van der Waals surface area contributed by atoms with Crippen molar-refractivity contribution in [2.24, 2.45) is 11.1 Å². The highest BCUT2D eigenvalue weighted by Gasteiger charge is 2.33. The lowest BCUT2D eigenvalue weighted by Crippen LogP contribution is -2.31. The van der Waals surface area contributed by atoms with Gasteiger partial charge in [0.1, 0.15) is 0 Å². The molecule has 0 bridgehead atoms. The third-order valence-electron chi connectivity index (χ3n) is 4.25. The minimum absolute atomic E-state index is 0. The van der Waals surface area contributed by atoms with Crippen LogP contribution in [0.2, 0.25) is 0 Å². The molecule has 1 aromatic carbocycles. The van der Waals surface area contributed by atoms with Crippen molar-refractivity contribution < 1.29 is 4.52 Å². The minimum atomic E-state index is 0. The van der Waals surface area contributed by atoms with E-state index >= 15 is 0 Å². The third kappa shape index (κ3) is 4.76. The van der Waals surface area contributed by atoms with Gasteiger partial charge in [0.15, 0.2) is 5.82 Å². The second-order valence-corrected chi connectivity index (χ2v) is 7.30. The molecule has 1 saturated heterocycles. The molecule has 0 amide bonds. The molecule has 5 nitrogen and oxygen atoms in total. The standard InChI is InChI=1S/C16H21BrN4O.ClH/c1-16(10-18)5-6-21(11-16)9-15-19-14(20-22-15)8-12-3-2-4-13(17)7-12;/h2-4,7H,5-6,8-11,18H2,1H3;1H. The number of halogens is 2. The lowest BCUT2D eigenvalue weighted by Gasteiger charge is -2.21. The first-order chi connectivity index (χ1) is 10.6. The molecule has 1 atom stereocenters. The minimum Gasteiger partial charge on any atom is -0.338 e. The smallest absolute Gasteiger partial charge is 0.240 e. The van der Waals surface area contributed by atoms with Crippen molar-refractivity contribution in [1.82, 2.24) is 15.0 Å². The van der Waals surface area contributed by atoms with Gasteiger partial charge in [0.25, 0.3) is 0 Å². The average Bonchev–Trinajstić information content (AvgIpc) is 3.07. The lowest BCUT2D eigenvalue weighted by atomic mass is 9.90. The molecule has 1 unspecified atom stereocenters. The summed E-state index contributed by atoms with van der Waals surface area (Å²) >= 11 is 3.48. The molecule has 0 spiro atoms. The summed E-state index contributed by atoms with van der Waals surface area (Å²) in [4.78, 5) is 6.84. The fourth-order valence-electron chi connectivity index (χ4n) is 2.87.